The van der Waals surface area contributed by atoms with Crippen LogP contribution in [0.1, 0.15) is 0 Å². The van der Waals surface area contributed by atoms with Crippen molar-refractivity contribution in [3.05, 3.63) is 53.0 Å². The smallest absolute Gasteiger partial charge is 0.261 e. The molecule has 94 valence electrons. The van der Waals surface area contributed by atoms with Crippen LogP contribution in [-0.2, 0) is 9.05 Å². The fraction of sp³-hybridized carbons (Fsp3) is 0. The van der Waals surface area contributed by atoms with E-state index in [4.69, 9.17) is 15.4 Å². The van der Waals surface area contributed by atoms with Crippen LogP contribution in [0.25, 0.3) is 0 Å². The zero-order valence-electron chi connectivity index (χ0n) is 9.01. The van der Waals surface area contributed by atoms with Crippen molar-refractivity contribution in [3.63, 3.8) is 0 Å². The highest BCUT2D eigenvalue weighted by Gasteiger charge is 2.09. The van der Waals surface area contributed by atoms with E-state index >= 15 is 0 Å². The summed E-state index contributed by atoms with van der Waals surface area (Å²) < 4.78 is 28.6. The summed E-state index contributed by atoms with van der Waals surface area (Å²) >= 11 is 3.36. The lowest BCUT2D eigenvalue weighted by molar-refractivity contribution is 0.479. The first-order valence-corrected chi connectivity index (χ1v) is 8.04. The van der Waals surface area contributed by atoms with Gasteiger partial charge in [0.15, 0.2) is 0 Å². The molecule has 0 spiro atoms. The summed E-state index contributed by atoms with van der Waals surface area (Å²) in [6.07, 6.45) is 0. The van der Waals surface area contributed by atoms with E-state index in [9.17, 15) is 8.42 Å². The van der Waals surface area contributed by atoms with Gasteiger partial charge in [0.1, 0.15) is 11.5 Å². The topological polar surface area (TPSA) is 43.4 Å². The van der Waals surface area contributed by atoms with E-state index in [0.717, 1.165) is 4.47 Å². The number of benzene rings is 2. The highest BCUT2D eigenvalue weighted by Crippen LogP contribution is 2.29. The SMILES string of the molecule is O=S(=O)(Cl)c1ccc(Oc2ccccc2Br)cc1. The number of para-hydroxylation sites is 1. The van der Waals surface area contributed by atoms with Crippen molar-refractivity contribution in [3.8, 4) is 11.5 Å². The summed E-state index contributed by atoms with van der Waals surface area (Å²) in [7, 11) is 1.53. The summed E-state index contributed by atoms with van der Waals surface area (Å²) in [5.41, 5.74) is 0. The molecule has 0 fully saturated rings. The zero-order valence-corrected chi connectivity index (χ0v) is 12.2. The van der Waals surface area contributed by atoms with Gasteiger partial charge in [0, 0.05) is 10.7 Å². The maximum Gasteiger partial charge on any atom is 0.261 e. The van der Waals surface area contributed by atoms with E-state index in [1.165, 1.54) is 12.1 Å². The molecule has 0 N–H and O–H groups in total. The van der Waals surface area contributed by atoms with Crippen molar-refractivity contribution < 1.29 is 13.2 Å². The van der Waals surface area contributed by atoms with Crippen LogP contribution in [0.5, 0.6) is 11.5 Å². The molecule has 0 saturated heterocycles. The van der Waals surface area contributed by atoms with Gasteiger partial charge in [0.2, 0.25) is 0 Å². The quantitative estimate of drug-likeness (QED) is 0.783. The van der Waals surface area contributed by atoms with Crippen LogP contribution in [0.4, 0.5) is 0 Å². The molecule has 2 aromatic rings. The Morgan fingerprint density at radius 3 is 2.17 bits per heavy atom. The molecule has 0 aromatic heterocycles. The minimum absolute atomic E-state index is 0.0450. The molecule has 0 radical (unpaired) electrons. The first-order chi connectivity index (χ1) is 8.47. The highest BCUT2D eigenvalue weighted by atomic mass is 79.9. The molecule has 2 aromatic carbocycles. The summed E-state index contributed by atoms with van der Waals surface area (Å²) in [5, 5.41) is 0. The fourth-order valence-corrected chi connectivity index (χ4v) is 2.46. The minimum Gasteiger partial charge on any atom is -0.456 e. The van der Waals surface area contributed by atoms with Crippen molar-refractivity contribution in [1.82, 2.24) is 0 Å². The third-order valence-electron chi connectivity index (χ3n) is 2.17. The van der Waals surface area contributed by atoms with E-state index in [1.807, 2.05) is 18.2 Å². The van der Waals surface area contributed by atoms with E-state index in [-0.39, 0.29) is 4.90 Å². The monoisotopic (exact) mass is 346 g/mol. The van der Waals surface area contributed by atoms with Crippen LogP contribution < -0.4 is 4.74 Å². The third kappa shape index (κ3) is 3.25. The van der Waals surface area contributed by atoms with Crippen LogP contribution >= 0.6 is 26.6 Å². The molecule has 0 bridgehead atoms. The number of halogens is 2. The normalized spacial score (nSPS) is 11.2. The second kappa shape index (κ2) is 5.30. The summed E-state index contributed by atoms with van der Waals surface area (Å²) in [6, 6.07) is 13.3. The Hall–Kier alpha value is -1.04. The number of hydrogen-bond donors (Lipinski definition) is 0. The standard InChI is InChI=1S/C12H8BrClO3S/c13-11-3-1-2-4-12(11)17-9-5-7-10(8-6-9)18(14,15)16/h1-8H. The molecular formula is C12H8BrClO3S. The molecule has 6 heteroatoms. The average Bonchev–Trinajstić information content (AvgIpc) is 2.32. The molecule has 0 amide bonds. The number of hydrogen-bond acceptors (Lipinski definition) is 3. The van der Waals surface area contributed by atoms with Gasteiger partial charge in [-0.3, -0.25) is 0 Å². The van der Waals surface area contributed by atoms with Crippen LogP contribution in [0.3, 0.4) is 0 Å². The van der Waals surface area contributed by atoms with Gasteiger partial charge in [0.25, 0.3) is 9.05 Å². The lowest BCUT2D eigenvalue weighted by Crippen LogP contribution is -1.90. The molecule has 18 heavy (non-hydrogen) atoms. The molecule has 0 atom stereocenters. The molecule has 0 aliphatic rings. The van der Waals surface area contributed by atoms with Gasteiger partial charge >= 0.3 is 0 Å². The Kier molecular flexibility index (Phi) is 3.94. The van der Waals surface area contributed by atoms with Crippen LogP contribution in [0, 0.1) is 0 Å². The molecule has 2 rings (SSSR count). The molecule has 0 heterocycles. The van der Waals surface area contributed by atoms with Crippen molar-refractivity contribution in [2.24, 2.45) is 0 Å². The van der Waals surface area contributed by atoms with E-state index in [0.29, 0.717) is 11.5 Å². The second-order valence-corrected chi connectivity index (χ2v) is 6.86. The molecule has 0 aliphatic heterocycles. The minimum atomic E-state index is -3.69. The maximum atomic E-state index is 11.1. The Balaban J connectivity index is 2.24. The average molecular weight is 348 g/mol. The molecule has 0 unspecified atom stereocenters. The van der Waals surface area contributed by atoms with E-state index in [1.54, 1.807) is 18.2 Å². The summed E-state index contributed by atoms with van der Waals surface area (Å²) in [4.78, 5) is 0.0450. The first-order valence-electron chi connectivity index (χ1n) is 4.94. The van der Waals surface area contributed by atoms with Crippen LogP contribution in [-0.4, -0.2) is 8.42 Å². The highest BCUT2D eigenvalue weighted by molar-refractivity contribution is 9.10. The van der Waals surface area contributed by atoms with Gasteiger partial charge in [-0.2, -0.15) is 0 Å². The van der Waals surface area contributed by atoms with Gasteiger partial charge in [-0.15, -0.1) is 0 Å². The van der Waals surface area contributed by atoms with E-state index < -0.39 is 9.05 Å². The zero-order chi connectivity index (χ0) is 13.2. The van der Waals surface area contributed by atoms with Gasteiger partial charge in [-0.25, -0.2) is 8.42 Å². The maximum absolute atomic E-state index is 11.1. The van der Waals surface area contributed by atoms with Gasteiger partial charge in [-0.1, -0.05) is 12.1 Å². The summed E-state index contributed by atoms with van der Waals surface area (Å²) in [6.45, 7) is 0. The van der Waals surface area contributed by atoms with Crippen LogP contribution in [0.15, 0.2) is 57.9 Å². The molecule has 0 aliphatic carbocycles. The van der Waals surface area contributed by atoms with Crippen molar-refractivity contribution >= 4 is 35.7 Å². The third-order valence-corrected chi connectivity index (χ3v) is 4.19. The fourth-order valence-electron chi connectivity index (χ4n) is 1.32. The molecular weight excluding hydrogens is 340 g/mol. The van der Waals surface area contributed by atoms with E-state index in [2.05, 4.69) is 15.9 Å². The van der Waals surface area contributed by atoms with Crippen molar-refractivity contribution in [1.29, 1.82) is 0 Å². The number of ether oxygens (including phenoxy) is 1. The lowest BCUT2D eigenvalue weighted by atomic mass is 10.3. The molecule has 0 saturated carbocycles. The second-order valence-electron chi connectivity index (χ2n) is 3.44. The summed E-state index contributed by atoms with van der Waals surface area (Å²) in [5.74, 6) is 1.19. The largest absolute Gasteiger partial charge is 0.456 e. The Labute approximate surface area is 118 Å². The Morgan fingerprint density at radius 2 is 1.61 bits per heavy atom. The Morgan fingerprint density at radius 1 is 1.00 bits per heavy atom. The van der Waals surface area contributed by atoms with Crippen LogP contribution in [0.2, 0.25) is 0 Å². The lowest BCUT2D eigenvalue weighted by Gasteiger charge is -2.07. The number of rotatable bonds is 3. The van der Waals surface area contributed by atoms with Gasteiger partial charge in [0.05, 0.1) is 9.37 Å². The predicted octanol–water partition coefficient (Wildman–Crippen LogP) is 4.17. The predicted molar refractivity (Wildman–Crippen MR) is 73.7 cm³/mol. The molecule has 3 nitrogen and oxygen atoms in total. The van der Waals surface area contributed by atoms with Crippen molar-refractivity contribution in [2.45, 2.75) is 4.90 Å². The van der Waals surface area contributed by atoms with Crippen molar-refractivity contribution in [2.75, 3.05) is 0 Å². The van der Waals surface area contributed by atoms with Gasteiger partial charge < -0.3 is 4.74 Å². The Bertz CT molecular complexity index is 653. The first kappa shape index (κ1) is 13.4. The van der Waals surface area contributed by atoms with Gasteiger partial charge in [-0.05, 0) is 52.3 Å².